The molecular weight excluding hydrogens is 278 g/mol. The molecule has 0 saturated carbocycles. The summed E-state index contributed by atoms with van der Waals surface area (Å²) in [5, 5.41) is 3.39. The average molecular weight is 294 g/mol. The van der Waals surface area contributed by atoms with Crippen LogP contribution in [-0.4, -0.2) is 28.0 Å². The summed E-state index contributed by atoms with van der Waals surface area (Å²) in [4.78, 5) is 14.9. The van der Waals surface area contributed by atoms with E-state index in [0.29, 0.717) is 11.9 Å². The van der Waals surface area contributed by atoms with Gasteiger partial charge in [0.2, 0.25) is 17.2 Å². The van der Waals surface area contributed by atoms with Gasteiger partial charge in [-0.2, -0.15) is 15.0 Å². The highest BCUT2D eigenvalue weighted by molar-refractivity contribution is 6.28. The molecule has 20 heavy (non-hydrogen) atoms. The van der Waals surface area contributed by atoms with E-state index in [1.807, 2.05) is 19.1 Å². The van der Waals surface area contributed by atoms with Gasteiger partial charge < -0.3 is 14.6 Å². The fourth-order valence-corrected chi connectivity index (χ4v) is 2.42. The normalized spacial score (nSPS) is 16.4. The van der Waals surface area contributed by atoms with Crippen molar-refractivity contribution in [2.24, 2.45) is 0 Å². The van der Waals surface area contributed by atoms with Gasteiger partial charge in [0, 0.05) is 13.1 Å². The largest absolute Gasteiger partial charge is 0.467 e. The Hall–Kier alpha value is -1.82. The van der Waals surface area contributed by atoms with E-state index in [4.69, 9.17) is 16.0 Å². The fraction of sp³-hybridized carbons (Fsp3) is 0.462. The Morgan fingerprint density at radius 2 is 2.10 bits per heavy atom. The SMILES string of the molecule is CC(Nc1nc(Cl)nc(N2CCCC2)n1)c1ccco1. The number of rotatable bonds is 4. The fourth-order valence-electron chi connectivity index (χ4n) is 2.27. The van der Waals surface area contributed by atoms with E-state index >= 15 is 0 Å². The monoisotopic (exact) mass is 293 g/mol. The predicted octanol–water partition coefficient (Wildman–Crippen LogP) is 2.89. The number of furan rings is 1. The van der Waals surface area contributed by atoms with Crippen molar-refractivity contribution in [3.8, 4) is 0 Å². The van der Waals surface area contributed by atoms with Gasteiger partial charge >= 0.3 is 0 Å². The van der Waals surface area contributed by atoms with Crippen LogP contribution in [0.4, 0.5) is 11.9 Å². The Kier molecular flexibility index (Phi) is 3.73. The second-order valence-electron chi connectivity index (χ2n) is 4.80. The van der Waals surface area contributed by atoms with Crippen LogP contribution in [0.2, 0.25) is 5.28 Å². The summed E-state index contributed by atoms with van der Waals surface area (Å²) in [6, 6.07) is 3.72. The zero-order valence-electron chi connectivity index (χ0n) is 11.2. The Morgan fingerprint density at radius 3 is 2.80 bits per heavy atom. The summed E-state index contributed by atoms with van der Waals surface area (Å²) >= 11 is 5.98. The minimum Gasteiger partial charge on any atom is -0.467 e. The lowest BCUT2D eigenvalue weighted by Gasteiger charge is -2.17. The molecule has 0 aliphatic carbocycles. The minimum absolute atomic E-state index is 0.0325. The van der Waals surface area contributed by atoms with Gasteiger partial charge in [-0.25, -0.2) is 0 Å². The molecule has 0 radical (unpaired) electrons. The smallest absolute Gasteiger partial charge is 0.231 e. The molecular formula is C13H16ClN5O. The van der Waals surface area contributed by atoms with E-state index in [-0.39, 0.29) is 11.3 Å². The lowest BCUT2D eigenvalue weighted by Crippen LogP contribution is -2.22. The molecule has 1 atom stereocenters. The third kappa shape index (κ3) is 2.85. The number of nitrogens with zero attached hydrogens (tertiary/aromatic N) is 4. The van der Waals surface area contributed by atoms with Crippen molar-refractivity contribution in [2.75, 3.05) is 23.3 Å². The average Bonchev–Trinajstić information content (AvgIpc) is 3.12. The molecule has 0 aromatic carbocycles. The number of halogens is 1. The standard InChI is InChI=1S/C13H16ClN5O/c1-9(10-5-4-8-20-10)15-12-16-11(14)17-13(18-12)19-6-2-3-7-19/h4-5,8-9H,2-3,6-7H2,1H3,(H,15,16,17,18). The molecule has 1 aliphatic rings. The first-order valence-electron chi connectivity index (χ1n) is 6.69. The Morgan fingerprint density at radius 1 is 1.30 bits per heavy atom. The Bertz CT molecular complexity index is 568. The highest BCUT2D eigenvalue weighted by Crippen LogP contribution is 2.21. The third-order valence-corrected chi connectivity index (χ3v) is 3.47. The molecule has 2 aromatic heterocycles. The van der Waals surface area contributed by atoms with Crippen LogP contribution in [0.3, 0.4) is 0 Å². The van der Waals surface area contributed by atoms with Gasteiger partial charge in [-0.05, 0) is 43.5 Å². The van der Waals surface area contributed by atoms with E-state index in [2.05, 4.69) is 25.2 Å². The second kappa shape index (κ2) is 5.66. The molecule has 3 rings (SSSR count). The lowest BCUT2D eigenvalue weighted by molar-refractivity contribution is 0.489. The van der Waals surface area contributed by atoms with Gasteiger partial charge in [0.25, 0.3) is 0 Å². The summed E-state index contributed by atoms with van der Waals surface area (Å²) in [6.45, 7) is 3.91. The summed E-state index contributed by atoms with van der Waals surface area (Å²) in [5.74, 6) is 1.93. The van der Waals surface area contributed by atoms with Gasteiger partial charge in [0.1, 0.15) is 5.76 Å². The molecule has 2 aromatic rings. The number of nitrogens with one attached hydrogen (secondary N) is 1. The van der Waals surface area contributed by atoms with Crippen molar-refractivity contribution >= 4 is 23.5 Å². The maximum Gasteiger partial charge on any atom is 0.231 e. The van der Waals surface area contributed by atoms with Gasteiger partial charge in [-0.3, -0.25) is 0 Å². The second-order valence-corrected chi connectivity index (χ2v) is 5.14. The maximum absolute atomic E-state index is 5.98. The molecule has 106 valence electrons. The molecule has 7 heteroatoms. The van der Waals surface area contributed by atoms with Gasteiger partial charge in [0.05, 0.1) is 12.3 Å². The van der Waals surface area contributed by atoms with Crippen LogP contribution in [-0.2, 0) is 0 Å². The van der Waals surface area contributed by atoms with Crippen molar-refractivity contribution in [1.82, 2.24) is 15.0 Å². The van der Waals surface area contributed by atoms with Crippen LogP contribution >= 0.6 is 11.6 Å². The van der Waals surface area contributed by atoms with Gasteiger partial charge in [-0.1, -0.05) is 0 Å². The van der Waals surface area contributed by atoms with E-state index in [1.54, 1.807) is 6.26 Å². The van der Waals surface area contributed by atoms with Crippen molar-refractivity contribution in [2.45, 2.75) is 25.8 Å². The first-order chi connectivity index (χ1) is 9.72. The lowest BCUT2D eigenvalue weighted by atomic mass is 10.2. The molecule has 3 heterocycles. The molecule has 1 fully saturated rings. The Balaban J connectivity index is 1.79. The molecule has 6 nitrogen and oxygen atoms in total. The highest BCUT2D eigenvalue weighted by atomic mass is 35.5. The van der Waals surface area contributed by atoms with Gasteiger partial charge in [0.15, 0.2) is 0 Å². The first-order valence-corrected chi connectivity index (χ1v) is 7.06. The molecule has 0 amide bonds. The predicted molar refractivity (Wildman–Crippen MR) is 77.0 cm³/mol. The summed E-state index contributed by atoms with van der Waals surface area (Å²) in [7, 11) is 0. The minimum atomic E-state index is -0.0325. The van der Waals surface area contributed by atoms with Crippen LogP contribution in [0.15, 0.2) is 22.8 Å². The van der Waals surface area contributed by atoms with Crippen molar-refractivity contribution in [3.05, 3.63) is 29.4 Å². The Labute approximate surface area is 122 Å². The van der Waals surface area contributed by atoms with Gasteiger partial charge in [-0.15, -0.1) is 0 Å². The third-order valence-electron chi connectivity index (χ3n) is 3.30. The van der Waals surface area contributed by atoms with Crippen LogP contribution in [0, 0.1) is 0 Å². The van der Waals surface area contributed by atoms with E-state index in [9.17, 15) is 0 Å². The molecule has 0 bridgehead atoms. The van der Waals surface area contributed by atoms with Crippen LogP contribution in [0.5, 0.6) is 0 Å². The van der Waals surface area contributed by atoms with E-state index in [1.165, 1.54) is 0 Å². The number of anilines is 2. The molecule has 1 aliphatic heterocycles. The highest BCUT2D eigenvalue weighted by Gasteiger charge is 2.18. The number of aromatic nitrogens is 3. The van der Waals surface area contributed by atoms with Crippen molar-refractivity contribution < 1.29 is 4.42 Å². The van der Waals surface area contributed by atoms with Crippen molar-refractivity contribution in [3.63, 3.8) is 0 Å². The summed E-state index contributed by atoms with van der Waals surface area (Å²) in [5.41, 5.74) is 0. The molecule has 1 N–H and O–H groups in total. The molecule has 1 saturated heterocycles. The first kappa shape index (κ1) is 13.2. The summed E-state index contributed by atoms with van der Waals surface area (Å²) in [6.07, 6.45) is 3.97. The zero-order valence-corrected chi connectivity index (χ0v) is 12.0. The quantitative estimate of drug-likeness (QED) is 0.935. The topological polar surface area (TPSA) is 67.1 Å². The number of hydrogen-bond acceptors (Lipinski definition) is 6. The zero-order chi connectivity index (χ0) is 13.9. The number of hydrogen-bond donors (Lipinski definition) is 1. The van der Waals surface area contributed by atoms with Crippen LogP contribution in [0.25, 0.3) is 0 Å². The van der Waals surface area contributed by atoms with E-state index in [0.717, 1.165) is 31.7 Å². The van der Waals surface area contributed by atoms with Crippen LogP contribution < -0.4 is 10.2 Å². The maximum atomic E-state index is 5.98. The molecule has 0 spiro atoms. The van der Waals surface area contributed by atoms with E-state index < -0.39 is 0 Å². The van der Waals surface area contributed by atoms with Crippen molar-refractivity contribution in [1.29, 1.82) is 0 Å². The molecule has 1 unspecified atom stereocenters. The van der Waals surface area contributed by atoms with Crippen LogP contribution in [0.1, 0.15) is 31.6 Å². The summed E-state index contributed by atoms with van der Waals surface area (Å²) < 4.78 is 5.35.